The van der Waals surface area contributed by atoms with Gasteiger partial charge in [0.05, 0.1) is 6.20 Å². The zero-order valence-corrected chi connectivity index (χ0v) is 14.1. The van der Waals surface area contributed by atoms with Crippen LogP contribution in [0.25, 0.3) is 0 Å². The molecule has 0 radical (unpaired) electrons. The van der Waals surface area contributed by atoms with E-state index >= 15 is 0 Å². The number of halogens is 1. The summed E-state index contributed by atoms with van der Waals surface area (Å²) < 4.78 is 0. The third kappa shape index (κ3) is 4.43. The summed E-state index contributed by atoms with van der Waals surface area (Å²) in [5.74, 6) is 1.11. The van der Waals surface area contributed by atoms with E-state index < -0.39 is 0 Å². The van der Waals surface area contributed by atoms with Crippen LogP contribution in [0.4, 0.5) is 17.5 Å². The molecule has 3 rings (SSSR count). The van der Waals surface area contributed by atoms with Crippen molar-refractivity contribution in [3.05, 3.63) is 70.9 Å². The van der Waals surface area contributed by atoms with Crippen molar-refractivity contribution in [2.24, 2.45) is 0 Å². The van der Waals surface area contributed by atoms with E-state index in [0.29, 0.717) is 16.8 Å². The van der Waals surface area contributed by atoms with Gasteiger partial charge < -0.3 is 10.6 Å². The third-order valence-corrected chi connectivity index (χ3v) is 3.95. The highest BCUT2D eigenvalue weighted by Gasteiger charge is 2.03. The molecule has 24 heavy (non-hydrogen) atoms. The number of aromatic nitrogens is 3. The van der Waals surface area contributed by atoms with Crippen LogP contribution in [0.3, 0.4) is 0 Å². The average Bonchev–Trinajstić information content (AvgIpc) is 2.60. The fourth-order valence-electron chi connectivity index (χ4n) is 2.22. The molecule has 1 heterocycles. The minimum absolute atomic E-state index is 0.495. The number of nitrogens with zero attached hydrogens (tertiary/aromatic N) is 3. The number of rotatable bonds is 6. The summed E-state index contributed by atoms with van der Waals surface area (Å²) in [5, 5.41) is 15.1. The van der Waals surface area contributed by atoms with Crippen LogP contribution in [0.5, 0.6) is 0 Å². The van der Waals surface area contributed by atoms with Crippen LogP contribution in [0.1, 0.15) is 11.1 Å². The maximum absolute atomic E-state index is 6.14. The Labute approximate surface area is 146 Å². The molecule has 2 N–H and O–H groups in total. The number of nitrogens with one attached hydrogen (secondary N) is 2. The Kier molecular flexibility index (Phi) is 5.23. The second-order valence-corrected chi connectivity index (χ2v) is 5.82. The predicted molar refractivity (Wildman–Crippen MR) is 97.9 cm³/mol. The average molecular weight is 340 g/mol. The van der Waals surface area contributed by atoms with Crippen molar-refractivity contribution in [3.63, 3.8) is 0 Å². The van der Waals surface area contributed by atoms with Gasteiger partial charge in [-0.05, 0) is 36.6 Å². The molecule has 5 nitrogen and oxygen atoms in total. The predicted octanol–water partition coefficient (Wildman–Crippen LogP) is 4.23. The molecule has 0 saturated heterocycles. The van der Waals surface area contributed by atoms with Gasteiger partial charge in [0.1, 0.15) is 0 Å². The molecule has 0 bridgehead atoms. The van der Waals surface area contributed by atoms with Crippen LogP contribution in [-0.4, -0.2) is 21.7 Å². The molecule has 0 fully saturated rings. The van der Waals surface area contributed by atoms with Gasteiger partial charge in [-0.2, -0.15) is 10.1 Å². The van der Waals surface area contributed by atoms with Gasteiger partial charge in [-0.25, -0.2) is 0 Å². The van der Waals surface area contributed by atoms with E-state index in [4.69, 9.17) is 11.6 Å². The molecular weight excluding hydrogens is 322 g/mol. The van der Waals surface area contributed by atoms with Crippen LogP contribution < -0.4 is 10.6 Å². The molecular formula is C18H18ClN5. The first-order valence-electron chi connectivity index (χ1n) is 7.71. The van der Waals surface area contributed by atoms with E-state index in [0.717, 1.165) is 24.2 Å². The minimum atomic E-state index is 0.495. The number of aryl methyl sites for hydroxylation is 1. The molecule has 0 aliphatic carbocycles. The van der Waals surface area contributed by atoms with Crippen LogP contribution >= 0.6 is 11.6 Å². The van der Waals surface area contributed by atoms with E-state index in [9.17, 15) is 0 Å². The Balaban J connectivity index is 1.60. The molecule has 0 unspecified atom stereocenters. The topological polar surface area (TPSA) is 62.7 Å². The van der Waals surface area contributed by atoms with Crippen molar-refractivity contribution in [2.75, 3.05) is 17.2 Å². The SMILES string of the molecule is Cc1ccc(Nc2cnnc(NCCc3ccccc3)n2)cc1Cl. The summed E-state index contributed by atoms with van der Waals surface area (Å²) in [6, 6.07) is 16.0. The van der Waals surface area contributed by atoms with Gasteiger partial charge in [-0.15, -0.1) is 5.10 Å². The standard InChI is InChI=1S/C18H18ClN5/c1-13-7-8-15(11-16(13)19)22-17-12-21-24-18(23-17)20-10-9-14-5-3-2-4-6-14/h2-8,11-12H,9-10H2,1H3,(H2,20,22,23,24). The lowest BCUT2D eigenvalue weighted by atomic mass is 10.1. The summed E-state index contributed by atoms with van der Waals surface area (Å²) in [4.78, 5) is 4.41. The summed E-state index contributed by atoms with van der Waals surface area (Å²) in [6.45, 7) is 2.71. The second-order valence-electron chi connectivity index (χ2n) is 5.42. The van der Waals surface area contributed by atoms with Crippen molar-refractivity contribution in [1.29, 1.82) is 0 Å². The molecule has 0 aliphatic rings. The first-order valence-corrected chi connectivity index (χ1v) is 8.09. The van der Waals surface area contributed by atoms with Crippen molar-refractivity contribution >= 4 is 29.1 Å². The third-order valence-electron chi connectivity index (χ3n) is 3.54. The Morgan fingerprint density at radius 3 is 2.71 bits per heavy atom. The van der Waals surface area contributed by atoms with Crippen molar-refractivity contribution in [1.82, 2.24) is 15.2 Å². The summed E-state index contributed by atoms with van der Waals surface area (Å²) in [7, 11) is 0. The van der Waals surface area contributed by atoms with Gasteiger partial charge in [-0.3, -0.25) is 0 Å². The monoisotopic (exact) mass is 339 g/mol. The summed E-state index contributed by atoms with van der Waals surface area (Å²) >= 11 is 6.14. The van der Waals surface area contributed by atoms with Crippen molar-refractivity contribution in [2.45, 2.75) is 13.3 Å². The van der Waals surface area contributed by atoms with Gasteiger partial charge in [-0.1, -0.05) is 48.0 Å². The Bertz CT molecular complexity index is 808. The normalized spacial score (nSPS) is 10.4. The molecule has 3 aromatic rings. The molecule has 0 aliphatic heterocycles. The first kappa shape index (κ1) is 16.2. The second kappa shape index (κ2) is 7.75. The Hall–Kier alpha value is -2.66. The van der Waals surface area contributed by atoms with E-state index in [-0.39, 0.29) is 0 Å². The van der Waals surface area contributed by atoms with Crippen LogP contribution in [0, 0.1) is 6.92 Å². The highest BCUT2D eigenvalue weighted by Crippen LogP contribution is 2.22. The fraction of sp³-hybridized carbons (Fsp3) is 0.167. The molecule has 0 atom stereocenters. The first-order chi connectivity index (χ1) is 11.7. The van der Waals surface area contributed by atoms with Crippen molar-refractivity contribution < 1.29 is 0 Å². The molecule has 122 valence electrons. The van der Waals surface area contributed by atoms with Gasteiger partial charge in [0.2, 0.25) is 5.95 Å². The summed E-state index contributed by atoms with van der Waals surface area (Å²) in [6.07, 6.45) is 2.48. The maximum Gasteiger partial charge on any atom is 0.244 e. The van der Waals surface area contributed by atoms with E-state index in [1.807, 2.05) is 43.3 Å². The number of benzene rings is 2. The maximum atomic E-state index is 6.14. The van der Waals surface area contributed by atoms with E-state index in [1.165, 1.54) is 5.56 Å². The number of anilines is 3. The Morgan fingerprint density at radius 2 is 1.92 bits per heavy atom. The zero-order chi connectivity index (χ0) is 16.8. The van der Waals surface area contributed by atoms with Crippen LogP contribution in [0.2, 0.25) is 5.02 Å². The molecule has 0 spiro atoms. The lowest BCUT2D eigenvalue weighted by Gasteiger charge is -2.08. The van der Waals surface area contributed by atoms with Gasteiger partial charge in [0.15, 0.2) is 5.82 Å². The molecule has 2 aromatic carbocycles. The lowest BCUT2D eigenvalue weighted by Crippen LogP contribution is -2.09. The van der Waals surface area contributed by atoms with Gasteiger partial charge in [0, 0.05) is 17.3 Å². The lowest BCUT2D eigenvalue weighted by molar-refractivity contribution is 0.929. The molecule has 1 aromatic heterocycles. The van der Waals surface area contributed by atoms with Crippen LogP contribution in [-0.2, 0) is 6.42 Å². The number of hydrogen-bond donors (Lipinski definition) is 2. The van der Waals surface area contributed by atoms with Gasteiger partial charge in [0.25, 0.3) is 0 Å². The number of hydrogen-bond acceptors (Lipinski definition) is 5. The molecule has 6 heteroatoms. The quantitative estimate of drug-likeness (QED) is 0.703. The van der Waals surface area contributed by atoms with Gasteiger partial charge >= 0.3 is 0 Å². The van der Waals surface area contributed by atoms with Crippen molar-refractivity contribution in [3.8, 4) is 0 Å². The van der Waals surface area contributed by atoms with E-state index in [1.54, 1.807) is 6.20 Å². The fourth-order valence-corrected chi connectivity index (χ4v) is 2.40. The smallest absolute Gasteiger partial charge is 0.244 e. The Morgan fingerprint density at radius 1 is 1.08 bits per heavy atom. The van der Waals surface area contributed by atoms with Crippen LogP contribution in [0.15, 0.2) is 54.7 Å². The molecule has 0 amide bonds. The van der Waals surface area contributed by atoms with E-state index in [2.05, 4.69) is 37.9 Å². The highest BCUT2D eigenvalue weighted by atomic mass is 35.5. The summed E-state index contributed by atoms with van der Waals surface area (Å²) in [5.41, 5.74) is 3.16. The zero-order valence-electron chi connectivity index (χ0n) is 13.3. The highest BCUT2D eigenvalue weighted by molar-refractivity contribution is 6.31. The minimum Gasteiger partial charge on any atom is -0.353 e. The largest absolute Gasteiger partial charge is 0.353 e. The molecule has 0 saturated carbocycles.